The molecule has 7 nitrogen and oxygen atoms in total. The molecule has 3 rings (SSSR count). The minimum absolute atomic E-state index is 0.151. The molecule has 2 aliphatic rings. The van der Waals surface area contributed by atoms with Gasteiger partial charge >= 0.3 is 0 Å². The second-order valence-electron chi connectivity index (χ2n) is 6.14. The third kappa shape index (κ3) is 3.95. The van der Waals surface area contributed by atoms with Crippen LogP contribution in [0.2, 0.25) is 0 Å². The molecule has 0 amide bonds. The number of furan rings is 1. The smallest absolute Gasteiger partial charge is 0.280 e. The fraction of sp³-hybridized carbons (Fsp3) is 0.733. The molecule has 0 spiro atoms. The van der Waals surface area contributed by atoms with Crippen LogP contribution < -0.4 is 4.72 Å². The van der Waals surface area contributed by atoms with Gasteiger partial charge in [0.2, 0.25) is 0 Å². The zero-order chi connectivity index (χ0) is 16.3. The van der Waals surface area contributed by atoms with Crippen LogP contribution in [0.3, 0.4) is 0 Å². The second kappa shape index (κ2) is 7.31. The number of hydrogen-bond acceptors (Lipinski definition) is 5. The van der Waals surface area contributed by atoms with E-state index >= 15 is 0 Å². The summed E-state index contributed by atoms with van der Waals surface area (Å²) in [4.78, 5) is 2.25. The molecule has 23 heavy (non-hydrogen) atoms. The molecule has 3 heterocycles. The summed E-state index contributed by atoms with van der Waals surface area (Å²) < 4.78 is 40.3. The van der Waals surface area contributed by atoms with Crippen molar-refractivity contribution in [2.45, 2.75) is 31.8 Å². The van der Waals surface area contributed by atoms with Crippen LogP contribution in [-0.2, 0) is 14.9 Å². The number of ether oxygens (including phenoxy) is 1. The Bertz CT molecular complexity index is 584. The maximum absolute atomic E-state index is 12.7. The van der Waals surface area contributed by atoms with Gasteiger partial charge in [-0.3, -0.25) is 4.90 Å². The fourth-order valence-corrected chi connectivity index (χ4v) is 4.78. The monoisotopic (exact) mass is 343 g/mol. The Balaban J connectivity index is 1.59. The summed E-state index contributed by atoms with van der Waals surface area (Å²) in [5.41, 5.74) is 0. The van der Waals surface area contributed by atoms with Gasteiger partial charge in [0.05, 0.1) is 25.5 Å². The van der Waals surface area contributed by atoms with E-state index in [2.05, 4.69) is 9.62 Å². The van der Waals surface area contributed by atoms with Gasteiger partial charge in [0.15, 0.2) is 0 Å². The number of morpholine rings is 1. The molecule has 0 radical (unpaired) electrons. The van der Waals surface area contributed by atoms with Crippen molar-refractivity contribution >= 4 is 10.2 Å². The molecule has 8 heteroatoms. The Labute approximate surface area is 137 Å². The summed E-state index contributed by atoms with van der Waals surface area (Å²) >= 11 is 0. The van der Waals surface area contributed by atoms with E-state index in [0.29, 0.717) is 32.1 Å². The minimum Gasteiger partial charge on any atom is -0.468 e. The van der Waals surface area contributed by atoms with Crippen molar-refractivity contribution in [1.82, 2.24) is 13.9 Å². The molecule has 1 N–H and O–H groups in total. The summed E-state index contributed by atoms with van der Waals surface area (Å²) in [6, 6.07) is 3.60. The van der Waals surface area contributed by atoms with Gasteiger partial charge in [0.25, 0.3) is 10.2 Å². The molecule has 0 bridgehead atoms. The predicted octanol–water partition coefficient (Wildman–Crippen LogP) is 0.972. The van der Waals surface area contributed by atoms with E-state index in [1.165, 1.54) is 4.31 Å². The van der Waals surface area contributed by atoms with Gasteiger partial charge in [-0.25, -0.2) is 4.72 Å². The van der Waals surface area contributed by atoms with Crippen LogP contribution in [0, 0.1) is 0 Å². The molecule has 0 aliphatic carbocycles. The van der Waals surface area contributed by atoms with Gasteiger partial charge in [-0.2, -0.15) is 12.7 Å². The summed E-state index contributed by atoms with van der Waals surface area (Å²) in [6.45, 7) is 6.11. The molecule has 2 fully saturated rings. The summed E-state index contributed by atoms with van der Waals surface area (Å²) in [5, 5.41) is 0. The largest absolute Gasteiger partial charge is 0.468 e. The summed E-state index contributed by atoms with van der Waals surface area (Å²) in [7, 11) is -3.50. The third-order valence-corrected chi connectivity index (χ3v) is 6.20. The van der Waals surface area contributed by atoms with Crippen molar-refractivity contribution < 1.29 is 17.6 Å². The first-order valence-electron chi connectivity index (χ1n) is 8.19. The van der Waals surface area contributed by atoms with Crippen molar-refractivity contribution in [3.8, 4) is 0 Å². The van der Waals surface area contributed by atoms with Gasteiger partial charge in [0, 0.05) is 32.2 Å². The fourth-order valence-electron chi connectivity index (χ4n) is 3.25. The molecule has 0 unspecified atom stereocenters. The van der Waals surface area contributed by atoms with E-state index in [0.717, 1.165) is 25.9 Å². The van der Waals surface area contributed by atoms with Crippen molar-refractivity contribution in [3.05, 3.63) is 24.2 Å². The Morgan fingerprint density at radius 2 is 2.13 bits per heavy atom. The molecule has 2 saturated heterocycles. The van der Waals surface area contributed by atoms with Crippen molar-refractivity contribution in [2.75, 3.05) is 39.4 Å². The lowest BCUT2D eigenvalue weighted by Gasteiger charge is -2.33. The van der Waals surface area contributed by atoms with Crippen molar-refractivity contribution in [2.24, 2.45) is 0 Å². The van der Waals surface area contributed by atoms with Crippen LogP contribution in [0.15, 0.2) is 22.8 Å². The Kier molecular flexibility index (Phi) is 5.38. The highest BCUT2D eigenvalue weighted by atomic mass is 32.2. The number of rotatable bonds is 6. The Morgan fingerprint density at radius 3 is 2.83 bits per heavy atom. The number of nitrogens with one attached hydrogen (secondary N) is 1. The molecular formula is C15H25N3O4S. The number of nitrogens with zero attached hydrogens (tertiary/aromatic N) is 2. The van der Waals surface area contributed by atoms with Crippen LogP contribution in [0.1, 0.15) is 31.6 Å². The normalized spacial score (nSPS) is 25.7. The lowest BCUT2D eigenvalue weighted by atomic mass is 10.2. The number of hydrogen-bond donors (Lipinski definition) is 1. The van der Waals surface area contributed by atoms with Crippen LogP contribution in [0.25, 0.3) is 0 Å². The van der Waals surface area contributed by atoms with E-state index in [1.54, 1.807) is 12.3 Å². The Hall–Kier alpha value is -0.930. The standard InChI is InChI=1S/C15H25N3O4S/c1-13(17-7-10-21-11-8-17)12-16-23(19,20)18-6-2-4-14(18)15-5-3-9-22-15/h3,5,9,13-14,16H,2,4,6-8,10-12H2,1H3/t13-,14-/m0/s1. The Morgan fingerprint density at radius 1 is 1.35 bits per heavy atom. The highest BCUT2D eigenvalue weighted by Gasteiger charge is 2.36. The first-order valence-corrected chi connectivity index (χ1v) is 9.63. The molecular weight excluding hydrogens is 318 g/mol. The highest BCUT2D eigenvalue weighted by Crippen LogP contribution is 2.33. The molecule has 2 aliphatic heterocycles. The van der Waals surface area contributed by atoms with Gasteiger partial charge in [-0.15, -0.1) is 0 Å². The van der Waals surface area contributed by atoms with Crippen LogP contribution in [-0.4, -0.2) is 63.1 Å². The lowest BCUT2D eigenvalue weighted by molar-refractivity contribution is 0.0213. The summed E-state index contributed by atoms with van der Waals surface area (Å²) in [5.74, 6) is 0.717. The third-order valence-electron chi connectivity index (χ3n) is 4.61. The highest BCUT2D eigenvalue weighted by molar-refractivity contribution is 7.87. The van der Waals surface area contributed by atoms with E-state index in [4.69, 9.17) is 9.15 Å². The van der Waals surface area contributed by atoms with E-state index in [1.807, 2.05) is 13.0 Å². The van der Waals surface area contributed by atoms with Gasteiger partial charge in [-0.1, -0.05) is 0 Å². The van der Waals surface area contributed by atoms with Crippen molar-refractivity contribution in [3.63, 3.8) is 0 Å². The zero-order valence-corrected chi connectivity index (χ0v) is 14.3. The van der Waals surface area contributed by atoms with Gasteiger partial charge < -0.3 is 9.15 Å². The second-order valence-corrected chi connectivity index (χ2v) is 7.84. The van der Waals surface area contributed by atoms with E-state index in [-0.39, 0.29) is 12.1 Å². The zero-order valence-electron chi connectivity index (χ0n) is 13.5. The topological polar surface area (TPSA) is 75.0 Å². The van der Waals surface area contributed by atoms with Crippen LogP contribution >= 0.6 is 0 Å². The summed E-state index contributed by atoms with van der Waals surface area (Å²) in [6.07, 6.45) is 3.24. The van der Waals surface area contributed by atoms with E-state index < -0.39 is 10.2 Å². The molecule has 0 saturated carbocycles. The van der Waals surface area contributed by atoms with Crippen LogP contribution in [0.5, 0.6) is 0 Å². The first-order chi connectivity index (χ1) is 11.1. The van der Waals surface area contributed by atoms with Gasteiger partial charge in [-0.05, 0) is 31.9 Å². The maximum Gasteiger partial charge on any atom is 0.280 e. The van der Waals surface area contributed by atoms with Crippen LogP contribution in [0.4, 0.5) is 0 Å². The first kappa shape index (κ1) is 16.9. The maximum atomic E-state index is 12.7. The lowest BCUT2D eigenvalue weighted by Crippen LogP contribution is -2.49. The molecule has 1 aromatic heterocycles. The van der Waals surface area contributed by atoms with Gasteiger partial charge in [0.1, 0.15) is 5.76 Å². The average molecular weight is 343 g/mol. The molecule has 0 aromatic carbocycles. The molecule has 130 valence electrons. The average Bonchev–Trinajstić information content (AvgIpc) is 3.24. The quantitative estimate of drug-likeness (QED) is 0.833. The minimum atomic E-state index is -3.50. The molecule has 2 atom stereocenters. The SMILES string of the molecule is C[C@@H](CNS(=O)(=O)N1CCC[C@H]1c1ccco1)N1CCOCC1. The molecule has 1 aromatic rings. The van der Waals surface area contributed by atoms with Crippen molar-refractivity contribution in [1.29, 1.82) is 0 Å². The van der Waals surface area contributed by atoms with E-state index in [9.17, 15) is 8.42 Å². The predicted molar refractivity (Wildman–Crippen MR) is 86.2 cm³/mol.